The molecule has 3 aromatic rings. The molecule has 3 rings (SSSR count). The SMILES string of the molecule is COCCn1c(=NC(=O)c2cc(Cl)ccc2[N+](=O)[O-])sc2cc(S(C)(=O)=O)ccc21. The van der Waals surface area contributed by atoms with Crippen molar-refractivity contribution in [3.05, 3.63) is 61.9 Å². The highest BCUT2D eigenvalue weighted by atomic mass is 35.5. The molecule has 1 amide bonds. The Balaban J connectivity index is 2.21. The fourth-order valence-corrected chi connectivity index (χ4v) is 4.74. The largest absolute Gasteiger partial charge is 0.383 e. The molecule has 0 aliphatic rings. The number of nitro benzene ring substituents is 1. The number of rotatable bonds is 6. The van der Waals surface area contributed by atoms with Crippen LogP contribution in [0.2, 0.25) is 5.02 Å². The molecule has 0 atom stereocenters. The predicted molar refractivity (Wildman–Crippen MR) is 113 cm³/mol. The van der Waals surface area contributed by atoms with Gasteiger partial charge >= 0.3 is 0 Å². The van der Waals surface area contributed by atoms with Crippen molar-refractivity contribution < 1.29 is 22.9 Å². The van der Waals surface area contributed by atoms with E-state index in [0.717, 1.165) is 23.7 Å². The fourth-order valence-electron chi connectivity index (χ4n) is 2.75. The molecule has 9 nitrogen and oxygen atoms in total. The Morgan fingerprint density at radius 2 is 2.03 bits per heavy atom. The van der Waals surface area contributed by atoms with Crippen molar-refractivity contribution in [3.63, 3.8) is 0 Å². The lowest BCUT2D eigenvalue weighted by Gasteiger charge is -2.05. The van der Waals surface area contributed by atoms with Gasteiger partial charge in [-0.2, -0.15) is 4.99 Å². The van der Waals surface area contributed by atoms with Gasteiger partial charge in [0.15, 0.2) is 14.6 Å². The highest BCUT2D eigenvalue weighted by Gasteiger charge is 2.21. The van der Waals surface area contributed by atoms with Crippen molar-refractivity contribution in [2.24, 2.45) is 4.99 Å². The van der Waals surface area contributed by atoms with Gasteiger partial charge in [-0.25, -0.2) is 8.42 Å². The molecule has 0 N–H and O–H groups in total. The van der Waals surface area contributed by atoms with Gasteiger partial charge in [-0.15, -0.1) is 0 Å². The van der Waals surface area contributed by atoms with Gasteiger partial charge in [0.25, 0.3) is 11.6 Å². The number of hydrogen-bond donors (Lipinski definition) is 0. The van der Waals surface area contributed by atoms with Gasteiger partial charge in [-0.3, -0.25) is 14.9 Å². The number of thiazole rings is 1. The summed E-state index contributed by atoms with van der Waals surface area (Å²) >= 11 is 7.00. The molecule has 2 aromatic carbocycles. The van der Waals surface area contributed by atoms with Crippen LogP contribution in [0.1, 0.15) is 10.4 Å². The Hall–Kier alpha value is -2.60. The first-order valence-corrected chi connectivity index (χ1v) is 11.6. The Morgan fingerprint density at radius 3 is 2.67 bits per heavy atom. The number of hydrogen-bond acceptors (Lipinski definition) is 7. The van der Waals surface area contributed by atoms with E-state index in [1.165, 1.54) is 31.4 Å². The molecule has 12 heteroatoms. The topological polar surface area (TPSA) is 121 Å². The van der Waals surface area contributed by atoms with E-state index < -0.39 is 26.4 Å². The van der Waals surface area contributed by atoms with Gasteiger partial charge in [0.05, 0.1) is 26.6 Å². The molecule has 0 saturated carbocycles. The van der Waals surface area contributed by atoms with Crippen LogP contribution in [-0.4, -0.2) is 43.8 Å². The molecule has 30 heavy (non-hydrogen) atoms. The first-order chi connectivity index (χ1) is 14.1. The third-order valence-electron chi connectivity index (χ3n) is 4.18. The van der Waals surface area contributed by atoms with Gasteiger partial charge in [0.2, 0.25) is 0 Å². The van der Waals surface area contributed by atoms with Gasteiger partial charge in [0, 0.05) is 31.0 Å². The van der Waals surface area contributed by atoms with Crippen molar-refractivity contribution in [3.8, 4) is 0 Å². The maximum absolute atomic E-state index is 12.8. The number of nitrogens with zero attached hydrogens (tertiary/aromatic N) is 3. The third kappa shape index (κ3) is 4.59. The van der Waals surface area contributed by atoms with Crippen molar-refractivity contribution in [1.29, 1.82) is 0 Å². The lowest BCUT2D eigenvalue weighted by molar-refractivity contribution is -0.385. The fraction of sp³-hybridized carbons (Fsp3) is 0.222. The summed E-state index contributed by atoms with van der Waals surface area (Å²) in [4.78, 5) is 27.8. The molecule has 0 aliphatic heterocycles. The summed E-state index contributed by atoms with van der Waals surface area (Å²) < 4.78 is 31.1. The van der Waals surface area contributed by atoms with E-state index in [-0.39, 0.29) is 20.3 Å². The van der Waals surface area contributed by atoms with Crippen LogP contribution in [0.3, 0.4) is 0 Å². The number of fused-ring (bicyclic) bond motifs is 1. The smallest absolute Gasteiger partial charge is 0.286 e. The van der Waals surface area contributed by atoms with Crippen molar-refractivity contribution in [1.82, 2.24) is 4.57 Å². The molecule has 0 aliphatic carbocycles. The van der Waals surface area contributed by atoms with Crippen LogP contribution in [-0.2, 0) is 21.1 Å². The zero-order valence-corrected chi connectivity index (χ0v) is 18.3. The monoisotopic (exact) mass is 469 g/mol. The number of benzene rings is 2. The summed E-state index contributed by atoms with van der Waals surface area (Å²) in [6, 6.07) is 8.27. The van der Waals surface area contributed by atoms with E-state index in [4.69, 9.17) is 16.3 Å². The van der Waals surface area contributed by atoms with Crippen LogP contribution in [0.4, 0.5) is 5.69 Å². The van der Waals surface area contributed by atoms with Gasteiger partial charge in [0.1, 0.15) is 5.56 Å². The predicted octanol–water partition coefficient (Wildman–Crippen LogP) is 3.06. The van der Waals surface area contributed by atoms with Crippen LogP contribution in [0.25, 0.3) is 10.2 Å². The highest BCUT2D eigenvalue weighted by Crippen LogP contribution is 2.25. The standard InChI is InChI=1S/C18H16ClN3O6S2/c1-28-8-7-21-15-6-4-12(30(2,26)27)10-16(15)29-18(21)20-17(23)13-9-11(19)3-5-14(13)22(24)25/h3-6,9-10H,7-8H2,1-2H3. The van der Waals surface area contributed by atoms with Crippen LogP contribution in [0.15, 0.2) is 46.3 Å². The Bertz CT molecular complexity index is 1330. The molecule has 158 valence electrons. The van der Waals surface area contributed by atoms with E-state index >= 15 is 0 Å². The number of nitro groups is 1. The molecule has 0 fully saturated rings. The second-order valence-corrected chi connectivity index (χ2v) is 9.73. The van der Waals surface area contributed by atoms with Crippen LogP contribution < -0.4 is 4.80 Å². The first kappa shape index (κ1) is 22.1. The molecule has 0 saturated heterocycles. The van der Waals surface area contributed by atoms with E-state index in [0.29, 0.717) is 23.4 Å². The lowest BCUT2D eigenvalue weighted by Crippen LogP contribution is -2.19. The summed E-state index contributed by atoms with van der Waals surface area (Å²) in [6.07, 6.45) is 1.10. The maximum Gasteiger partial charge on any atom is 0.286 e. The number of carbonyl (C=O) groups excluding carboxylic acids is 1. The summed E-state index contributed by atoms with van der Waals surface area (Å²) in [6.45, 7) is 0.664. The summed E-state index contributed by atoms with van der Waals surface area (Å²) in [5, 5.41) is 11.4. The first-order valence-electron chi connectivity index (χ1n) is 8.47. The lowest BCUT2D eigenvalue weighted by atomic mass is 10.2. The molecule has 0 spiro atoms. The van der Waals surface area contributed by atoms with E-state index in [2.05, 4.69) is 4.99 Å². The second-order valence-electron chi connectivity index (χ2n) is 6.27. The molecular weight excluding hydrogens is 454 g/mol. The molecule has 0 bridgehead atoms. The second kappa shape index (κ2) is 8.64. The molecular formula is C18H16ClN3O6S2. The van der Waals surface area contributed by atoms with Crippen molar-refractivity contribution >= 4 is 54.6 Å². The number of aromatic nitrogens is 1. The van der Waals surface area contributed by atoms with E-state index in [1.54, 1.807) is 10.6 Å². The van der Waals surface area contributed by atoms with Crippen LogP contribution in [0, 0.1) is 10.1 Å². The Morgan fingerprint density at radius 1 is 1.30 bits per heavy atom. The minimum Gasteiger partial charge on any atom is -0.383 e. The minimum absolute atomic E-state index is 0.137. The minimum atomic E-state index is -3.42. The third-order valence-corrected chi connectivity index (χ3v) is 6.57. The molecule has 0 unspecified atom stereocenters. The maximum atomic E-state index is 12.8. The molecule has 0 radical (unpaired) electrons. The summed E-state index contributed by atoms with van der Waals surface area (Å²) in [5.41, 5.74) is 0.0220. The quantitative estimate of drug-likeness (QED) is 0.404. The number of ether oxygens (including phenoxy) is 1. The van der Waals surface area contributed by atoms with Crippen molar-refractivity contribution in [2.75, 3.05) is 20.0 Å². The molecule has 1 heterocycles. The number of sulfone groups is 1. The van der Waals surface area contributed by atoms with Crippen molar-refractivity contribution in [2.45, 2.75) is 11.4 Å². The Kier molecular flexibility index (Phi) is 6.36. The van der Waals surface area contributed by atoms with Gasteiger partial charge in [-0.1, -0.05) is 22.9 Å². The number of halogens is 1. The van der Waals surface area contributed by atoms with Crippen LogP contribution in [0.5, 0.6) is 0 Å². The number of carbonyl (C=O) groups is 1. The average Bonchev–Trinajstić information content (AvgIpc) is 3.01. The zero-order chi connectivity index (χ0) is 22.1. The number of methoxy groups -OCH3 is 1. The van der Waals surface area contributed by atoms with Gasteiger partial charge < -0.3 is 9.30 Å². The highest BCUT2D eigenvalue weighted by molar-refractivity contribution is 7.90. The zero-order valence-electron chi connectivity index (χ0n) is 15.9. The normalized spacial score (nSPS) is 12.4. The molecule has 1 aromatic heterocycles. The average molecular weight is 470 g/mol. The van der Waals surface area contributed by atoms with E-state index in [9.17, 15) is 23.3 Å². The Labute approximate surface area is 180 Å². The summed E-state index contributed by atoms with van der Waals surface area (Å²) in [5.74, 6) is -0.828. The number of amides is 1. The van der Waals surface area contributed by atoms with E-state index in [1.807, 2.05) is 0 Å². The van der Waals surface area contributed by atoms with Crippen LogP contribution >= 0.6 is 22.9 Å². The summed E-state index contributed by atoms with van der Waals surface area (Å²) in [7, 11) is -1.89. The van der Waals surface area contributed by atoms with Gasteiger partial charge in [-0.05, 0) is 30.3 Å².